The highest BCUT2D eigenvalue weighted by Crippen LogP contribution is 2.36. The van der Waals surface area contributed by atoms with Crippen molar-refractivity contribution in [3.8, 4) is 16.9 Å². The summed E-state index contributed by atoms with van der Waals surface area (Å²) in [6, 6.07) is 6.18. The van der Waals surface area contributed by atoms with E-state index in [0.29, 0.717) is 6.61 Å². The van der Waals surface area contributed by atoms with Crippen LogP contribution in [0.3, 0.4) is 0 Å². The average Bonchev–Trinajstić information content (AvgIpc) is 3.09. The molecule has 3 heterocycles. The normalized spacial score (nSPS) is 15.4. The minimum Gasteiger partial charge on any atom is -0.493 e. The summed E-state index contributed by atoms with van der Waals surface area (Å²) in [6.45, 7) is 0.695. The average molecular weight is 290 g/mol. The Morgan fingerprint density at radius 3 is 2.77 bits per heavy atom. The van der Waals surface area contributed by atoms with E-state index in [1.54, 1.807) is 6.33 Å². The number of ether oxygens (including phenoxy) is 1. The lowest BCUT2D eigenvalue weighted by atomic mass is 9.95. The van der Waals surface area contributed by atoms with Crippen molar-refractivity contribution < 1.29 is 4.74 Å². The van der Waals surface area contributed by atoms with Crippen molar-refractivity contribution >= 4 is 11.6 Å². The highest BCUT2D eigenvalue weighted by atomic mass is 16.5. The van der Waals surface area contributed by atoms with Crippen LogP contribution in [0.1, 0.15) is 17.7 Å². The van der Waals surface area contributed by atoms with Crippen molar-refractivity contribution in [3.63, 3.8) is 0 Å². The first-order chi connectivity index (χ1) is 10.9. The second-order valence-corrected chi connectivity index (χ2v) is 5.11. The molecule has 1 N–H and O–H groups in total. The zero-order valence-corrected chi connectivity index (χ0v) is 11.9. The van der Waals surface area contributed by atoms with Crippen LogP contribution in [0.2, 0.25) is 0 Å². The van der Waals surface area contributed by atoms with E-state index in [0.717, 1.165) is 34.6 Å². The van der Waals surface area contributed by atoms with Gasteiger partial charge >= 0.3 is 0 Å². The van der Waals surface area contributed by atoms with Gasteiger partial charge in [0.2, 0.25) is 0 Å². The van der Waals surface area contributed by atoms with Crippen molar-refractivity contribution in [2.75, 3.05) is 6.61 Å². The van der Waals surface area contributed by atoms with Gasteiger partial charge in [0.05, 0.1) is 24.8 Å². The molecule has 5 nitrogen and oxygen atoms in total. The molecule has 0 amide bonds. The summed E-state index contributed by atoms with van der Waals surface area (Å²) in [5, 5.41) is 0. The van der Waals surface area contributed by atoms with Crippen LogP contribution in [0.4, 0.5) is 0 Å². The van der Waals surface area contributed by atoms with Crippen LogP contribution >= 0.6 is 0 Å². The number of imidazole rings is 1. The molecular formula is C17H14N4O. The lowest BCUT2D eigenvalue weighted by Gasteiger charge is -2.21. The Balaban J connectivity index is 1.80. The maximum Gasteiger partial charge on any atom is 0.126 e. The van der Waals surface area contributed by atoms with Gasteiger partial charge in [-0.25, -0.2) is 15.0 Å². The van der Waals surface area contributed by atoms with Gasteiger partial charge < -0.3 is 9.72 Å². The van der Waals surface area contributed by atoms with Crippen molar-refractivity contribution in [2.24, 2.45) is 0 Å². The number of nitrogens with one attached hydrogen (secondary N) is 1. The number of rotatable bonds is 2. The second-order valence-electron chi connectivity index (χ2n) is 5.11. The lowest BCUT2D eigenvalue weighted by Crippen LogP contribution is -2.07. The van der Waals surface area contributed by atoms with Gasteiger partial charge in [-0.1, -0.05) is 6.07 Å². The Bertz CT molecular complexity index is 810. The van der Waals surface area contributed by atoms with Gasteiger partial charge in [-0.05, 0) is 29.3 Å². The molecule has 1 aliphatic rings. The van der Waals surface area contributed by atoms with Gasteiger partial charge in [0.1, 0.15) is 12.1 Å². The first-order valence-corrected chi connectivity index (χ1v) is 7.12. The van der Waals surface area contributed by atoms with E-state index in [9.17, 15) is 0 Å². The van der Waals surface area contributed by atoms with Gasteiger partial charge in [0.25, 0.3) is 0 Å². The molecule has 1 aliphatic heterocycles. The third-order valence-electron chi connectivity index (χ3n) is 3.70. The first-order valence-electron chi connectivity index (χ1n) is 7.12. The number of nitrogens with zero attached hydrogens (tertiary/aromatic N) is 3. The molecular weight excluding hydrogens is 276 g/mol. The third-order valence-corrected chi connectivity index (χ3v) is 3.70. The fourth-order valence-electron chi connectivity index (χ4n) is 2.62. The standard InChI is InChI=1S/C17H14N4O/c1-2-17-16(6-12(1)14-7-18-10-19-8-14)13(3-4-22-17)5-15-9-20-11-21-15/h1-2,5-11H,3-4H2,(H,20,21). The minimum atomic E-state index is 0.695. The maximum absolute atomic E-state index is 5.77. The summed E-state index contributed by atoms with van der Waals surface area (Å²) in [6.07, 6.45) is 11.7. The lowest BCUT2D eigenvalue weighted by molar-refractivity contribution is 0.317. The molecule has 0 fully saturated rings. The van der Waals surface area contributed by atoms with Crippen LogP contribution in [-0.2, 0) is 0 Å². The zero-order chi connectivity index (χ0) is 14.8. The summed E-state index contributed by atoms with van der Waals surface area (Å²) in [5.41, 5.74) is 5.43. The number of hydrogen-bond acceptors (Lipinski definition) is 4. The number of fused-ring (bicyclic) bond motifs is 1. The van der Waals surface area contributed by atoms with E-state index in [4.69, 9.17) is 4.74 Å². The Labute approximate surface area is 127 Å². The SMILES string of the molecule is C(=C1CCOc2ccc(-c3cncnc3)cc21)c1cnc[nH]1. The smallest absolute Gasteiger partial charge is 0.126 e. The fraction of sp³-hybridized carbons (Fsp3) is 0.118. The molecule has 0 atom stereocenters. The Morgan fingerprint density at radius 2 is 1.95 bits per heavy atom. The van der Waals surface area contributed by atoms with Crippen molar-refractivity contribution in [1.82, 2.24) is 19.9 Å². The highest BCUT2D eigenvalue weighted by molar-refractivity contribution is 5.86. The largest absolute Gasteiger partial charge is 0.493 e. The van der Waals surface area contributed by atoms with Crippen molar-refractivity contribution in [1.29, 1.82) is 0 Å². The molecule has 2 aromatic heterocycles. The van der Waals surface area contributed by atoms with Crippen molar-refractivity contribution in [3.05, 3.63) is 60.7 Å². The number of benzene rings is 1. The monoisotopic (exact) mass is 290 g/mol. The zero-order valence-electron chi connectivity index (χ0n) is 11.9. The number of hydrogen-bond donors (Lipinski definition) is 1. The Kier molecular flexibility index (Phi) is 3.16. The molecule has 0 unspecified atom stereocenters. The maximum atomic E-state index is 5.77. The predicted octanol–water partition coefficient (Wildman–Crippen LogP) is 3.19. The Morgan fingerprint density at radius 1 is 1.05 bits per heavy atom. The quantitative estimate of drug-likeness (QED) is 0.787. The fourth-order valence-corrected chi connectivity index (χ4v) is 2.62. The van der Waals surface area contributed by atoms with E-state index < -0.39 is 0 Å². The highest BCUT2D eigenvalue weighted by Gasteiger charge is 2.16. The van der Waals surface area contributed by atoms with Gasteiger partial charge in [-0.3, -0.25) is 0 Å². The molecule has 0 bridgehead atoms. The predicted molar refractivity (Wildman–Crippen MR) is 84.0 cm³/mol. The molecule has 1 aromatic carbocycles. The first kappa shape index (κ1) is 12.8. The molecule has 4 rings (SSSR count). The van der Waals surface area contributed by atoms with Crippen LogP contribution in [0, 0.1) is 0 Å². The summed E-state index contributed by atoms with van der Waals surface area (Å²) in [7, 11) is 0. The molecule has 0 saturated heterocycles. The molecule has 22 heavy (non-hydrogen) atoms. The van der Waals surface area contributed by atoms with E-state index >= 15 is 0 Å². The van der Waals surface area contributed by atoms with Crippen molar-refractivity contribution in [2.45, 2.75) is 6.42 Å². The molecule has 5 heteroatoms. The number of aromatic nitrogens is 4. The summed E-state index contributed by atoms with van der Waals surface area (Å²) < 4.78 is 5.77. The molecule has 0 saturated carbocycles. The van der Waals surface area contributed by atoms with E-state index in [-0.39, 0.29) is 0 Å². The van der Waals surface area contributed by atoms with E-state index in [1.807, 2.05) is 30.7 Å². The third kappa shape index (κ3) is 2.37. The van der Waals surface area contributed by atoms with Gasteiger partial charge in [0.15, 0.2) is 0 Å². The Hall–Kier alpha value is -2.95. The van der Waals surface area contributed by atoms with Crippen LogP contribution in [0.15, 0.2) is 49.4 Å². The summed E-state index contributed by atoms with van der Waals surface area (Å²) in [4.78, 5) is 15.3. The van der Waals surface area contributed by atoms with E-state index in [2.05, 4.69) is 32.1 Å². The molecule has 0 aliphatic carbocycles. The number of H-pyrrole nitrogens is 1. The minimum absolute atomic E-state index is 0.695. The van der Waals surface area contributed by atoms with Crippen LogP contribution in [-0.4, -0.2) is 26.5 Å². The molecule has 108 valence electrons. The van der Waals surface area contributed by atoms with Gasteiger partial charge in [-0.15, -0.1) is 0 Å². The van der Waals surface area contributed by atoms with Gasteiger partial charge in [-0.2, -0.15) is 0 Å². The summed E-state index contributed by atoms with van der Waals surface area (Å²) >= 11 is 0. The topological polar surface area (TPSA) is 63.7 Å². The van der Waals surface area contributed by atoms with E-state index in [1.165, 1.54) is 11.9 Å². The van der Waals surface area contributed by atoms with Gasteiger partial charge in [0, 0.05) is 29.9 Å². The van der Waals surface area contributed by atoms with Crippen LogP contribution in [0.25, 0.3) is 22.8 Å². The number of aromatic amines is 1. The molecule has 0 spiro atoms. The van der Waals surface area contributed by atoms with Crippen LogP contribution in [0.5, 0.6) is 5.75 Å². The second kappa shape index (κ2) is 5.44. The molecule has 3 aromatic rings. The summed E-state index contributed by atoms with van der Waals surface area (Å²) in [5.74, 6) is 0.914. The van der Waals surface area contributed by atoms with Crippen LogP contribution < -0.4 is 4.74 Å². The molecule has 0 radical (unpaired) electrons.